The first-order valence-corrected chi connectivity index (χ1v) is 7.92. The van der Waals surface area contributed by atoms with Gasteiger partial charge in [-0.3, -0.25) is 9.59 Å². The Bertz CT molecular complexity index is 781. The topological polar surface area (TPSA) is 91.0 Å². The van der Waals surface area contributed by atoms with E-state index >= 15 is 0 Å². The van der Waals surface area contributed by atoms with Crippen molar-refractivity contribution in [3.63, 3.8) is 0 Å². The third-order valence-corrected chi connectivity index (χ3v) is 4.16. The monoisotopic (exact) mass is 349 g/mol. The number of benzene rings is 1. The highest BCUT2D eigenvalue weighted by Gasteiger charge is 2.27. The lowest BCUT2D eigenvalue weighted by molar-refractivity contribution is -0.117. The van der Waals surface area contributed by atoms with E-state index in [1.165, 1.54) is 6.92 Å². The van der Waals surface area contributed by atoms with Gasteiger partial charge in [-0.15, -0.1) is 10.2 Å². The second-order valence-electron chi connectivity index (χ2n) is 5.93. The molecule has 2 aromatic rings. The minimum absolute atomic E-state index is 0.00521. The van der Waals surface area contributed by atoms with Gasteiger partial charge in [-0.25, -0.2) is 8.78 Å². The Kier molecular flexibility index (Phi) is 4.73. The maximum atomic E-state index is 13.3. The first-order valence-electron chi connectivity index (χ1n) is 7.92. The van der Waals surface area contributed by atoms with Crippen molar-refractivity contribution in [3.05, 3.63) is 41.1 Å². The molecule has 9 heteroatoms. The van der Waals surface area contributed by atoms with Crippen LogP contribution in [-0.2, 0) is 4.79 Å². The highest BCUT2D eigenvalue weighted by molar-refractivity contribution is 6.02. The van der Waals surface area contributed by atoms with E-state index in [4.69, 9.17) is 0 Å². The number of rotatable bonds is 4. The normalized spacial score (nSPS) is 15.2. The van der Waals surface area contributed by atoms with Gasteiger partial charge in [0.1, 0.15) is 11.6 Å². The molecule has 0 aliphatic carbocycles. The minimum Gasteiger partial charge on any atom is -0.337 e. The van der Waals surface area contributed by atoms with Crippen LogP contribution in [0.5, 0.6) is 0 Å². The van der Waals surface area contributed by atoms with Gasteiger partial charge in [-0.05, 0) is 37.5 Å². The Morgan fingerprint density at radius 2 is 1.80 bits per heavy atom. The number of carbonyl (C=O) groups is 2. The Morgan fingerprint density at radius 1 is 1.16 bits per heavy atom. The van der Waals surface area contributed by atoms with Gasteiger partial charge in [-0.2, -0.15) is 5.21 Å². The molecule has 25 heavy (non-hydrogen) atoms. The number of H-pyrrole nitrogens is 1. The van der Waals surface area contributed by atoms with Gasteiger partial charge in [0.25, 0.3) is 5.91 Å². The Balaban J connectivity index is 1.75. The van der Waals surface area contributed by atoms with Crippen molar-refractivity contribution in [2.75, 3.05) is 18.4 Å². The Hall–Kier alpha value is -2.84. The van der Waals surface area contributed by atoms with Crippen molar-refractivity contribution in [2.45, 2.75) is 25.7 Å². The van der Waals surface area contributed by atoms with E-state index in [0.717, 1.165) is 31.0 Å². The summed E-state index contributed by atoms with van der Waals surface area (Å²) in [6, 6.07) is 2.91. The molecule has 1 aliphatic heterocycles. The van der Waals surface area contributed by atoms with Crippen molar-refractivity contribution in [3.8, 4) is 0 Å². The van der Waals surface area contributed by atoms with Crippen LogP contribution in [0.15, 0.2) is 18.2 Å². The van der Waals surface area contributed by atoms with Crippen LogP contribution < -0.4 is 5.32 Å². The molecule has 1 aromatic carbocycles. The number of nitrogens with one attached hydrogen (secondary N) is 2. The van der Waals surface area contributed by atoms with Crippen molar-refractivity contribution < 1.29 is 18.4 Å². The summed E-state index contributed by atoms with van der Waals surface area (Å²) in [5.74, 6) is -3.22. The fourth-order valence-corrected chi connectivity index (χ4v) is 2.74. The quantitative estimate of drug-likeness (QED) is 0.884. The molecule has 7 nitrogen and oxygen atoms in total. The zero-order valence-electron chi connectivity index (χ0n) is 13.6. The Labute approximate surface area is 142 Å². The smallest absolute Gasteiger partial charge is 0.278 e. The lowest BCUT2D eigenvalue weighted by Gasteiger charge is -2.15. The van der Waals surface area contributed by atoms with Crippen molar-refractivity contribution in [1.82, 2.24) is 20.3 Å². The Morgan fingerprint density at radius 3 is 2.44 bits per heavy atom. The van der Waals surface area contributed by atoms with Gasteiger partial charge >= 0.3 is 0 Å². The number of aromatic amines is 1. The van der Waals surface area contributed by atoms with Crippen molar-refractivity contribution in [2.24, 2.45) is 0 Å². The molecule has 0 spiro atoms. The van der Waals surface area contributed by atoms with Gasteiger partial charge in [-0.1, -0.05) is 0 Å². The average molecular weight is 349 g/mol. The zero-order valence-corrected chi connectivity index (χ0v) is 13.6. The molecule has 3 rings (SSSR count). The predicted molar refractivity (Wildman–Crippen MR) is 84.9 cm³/mol. The predicted octanol–water partition coefficient (Wildman–Crippen LogP) is 2.06. The molecule has 132 valence electrons. The van der Waals surface area contributed by atoms with Crippen molar-refractivity contribution >= 4 is 17.6 Å². The van der Waals surface area contributed by atoms with E-state index < -0.39 is 23.5 Å². The molecule has 0 bridgehead atoms. The summed E-state index contributed by atoms with van der Waals surface area (Å²) in [6.07, 6.45) is 1.85. The number of amides is 2. The van der Waals surface area contributed by atoms with Crippen LogP contribution in [0.1, 0.15) is 41.7 Å². The summed E-state index contributed by atoms with van der Waals surface area (Å²) in [6.45, 7) is 2.78. The lowest BCUT2D eigenvalue weighted by Crippen LogP contribution is -2.29. The highest BCUT2D eigenvalue weighted by atomic mass is 19.1. The van der Waals surface area contributed by atoms with Crippen LogP contribution >= 0.6 is 0 Å². The summed E-state index contributed by atoms with van der Waals surface area (Å²) in [4.78, 5) is 26.4. The van der Waals surface area contributed by atoms with Crippen LogP contribution in [-0.4, -0.2) is 45.2 Å². The van der Waals surface area contributed by atoms with E-state index in [2.05, 4.69) is 20.7 Å². The molecule has 2 N–H and O–H groups in total. The van der Waals surface area contributed by atoms with Crippen LogP contribution in [0.25, 0.3) is 0 Å². The van der Waals surface area contributed by atoms with Crippen LogP contribution in [0, 0.1) is 11.6 Å². The molecule has 1 aliphatic rings. The van der Waals surface area contributed by atoms with Crippen molar-refractivity contribution in [1.29, 1.82) is 0 Å². The molecular weight excluding hydrogens is 332 g/mol. The van der Waals surface area contributed by atoms with Gasteiger partial charge in [0.2, 0.25) is 5.91 Å². The number of hydrogen-bond acceptors (Lipinski definition) is 4. The zero-order chi connectivity index (χ0) is 18.0. The fourth-order valence-electron chi connectivity index (χ4n) is 2.74. The molecule has 1 atom stereocenters. The number of hydrogen-bond donors (Lipinski definition) is 2. The number of anilines is 1. The first kappa shape index (κ1) is 17.0. The van der Waals surface area contributed by atoms with E-state index in [1.54, 1.807) is 4.90 Å². The third-order valence-electron chi connectivity index (χ3n) is 4.16. The summed E-state index contributed by atoms with van der Waals surface area (Å²) in [5, 5.41) is 12.4. The van der Waals surface area contributed by atoms with E-state index in [1.807, 2.05) is 0 Å². The molecule has 1 aromatic heterocycles. The number of nitrogens with zero attached hydrogens (tertiary/aromatic N) is 3. The molecular formula is C16H17F2N5O2. The summed E-state index contributed by atoms with van der Waals surface area (Å²) in [7, 11) is 0. The number of aromatic nitrogens is 3. The molecule has 2 amide bonds. The maximum Gasteiger partial charge on any atom is 0.278 e. The molecule has 0 radical (unpaired) electrons. The number of likely N-dealkylation sites (tertiary alicyclic amines) is 1. The minimum atomic E-state index is -0.836. The SMILES string of the molecule is CC(C(=O)Nc1n[nH]nc1C(=O)N1CCCC1)c1cc(F)cc(F)c1. The fraction of sp³-hybridized carbons (Fsp3) is 0.375. The molecule has 0 saturated carbocycles. The van der Waals surface area contributed by atoms with Crippen LogP contribution in [0.2, 0.25) is 0 Å². The standard InChI is InChI=1S/C16H17F2N5O2/c1-9(10-6-11(17)8-12(18)7-10)15(24)19-14-13(20-22-21-14)16(25)23-4-2-3-5-23/h6-9H,2-5H2,1H3,(H2,19,20,21,22,24). The molecule has 2 heterocycles. The second-order valence-corrected chi connectivity index (χ2v) is 5.93. The van der Waals surface area contributed by atoms with Gasteiger partial charge in [0.15, 0.2) is 11.5 Å². The van der Waals surface area contributed by atoms with E-state index in [-0.39, 0.29) is 23.0 Å². The summed E-state index contributed by atoms with van der Waals surface area (Å²) >= 11 is 0. The second kappa shape index (κ2) is 6.96. The maximum absolute atomic E-state index is 13.3. The molecule has 1 fully saturated rings. The number of carbonyl (C=O) groups excluding carboxylic acids is 2. The summed E-state index contributed by atoms with van der Waals surface area (Å²) in [5.41, 5.74) is 0.207. The van der Waals surface area contributed by atoms with Gasteiger partial charge in [0, 0.05) is 19.2 Å². The largest absolute Gasteiger partial charge is 0.337 e. The van der Waals surface area contributed by atoms with Crippen LogP contribution in [0.3, 0.4) is 0 Å². The van der Waals surface area contributed by atoms with E-state index in [9.17, 15) is 18.4 Å². The number of halogens is 2. The summed E-state index contributed by atoms with van der Waals surface area (Å²) < 4.78 is 26.6. The van der Waals surface area contributed by atoms with Crippen LogP contribution in [0.4, 0.5) is 14.6 Å². The average Bonchev–Trinajstić information content (AvgIpc) is 3.24. The lowest BCUT2D eigenvalue weighted by atomic mass is 10.00. The third kappa shape index (κ3) is 3.65. The van der Waals surface area contributed by atoms with Gasteiger partial charge in [0.05, 0.1) is 5.92 Å². The highest BCUT2D eigenvalue weighted by Crippen LogP contribution is 2.21. The van der Waals surface area contributed by atoms with Gasteiger partial charge < -0.3 is 10.2 Å². The van der Waals surface area contributed by atoms with E-state index in [0.29, 0.717) is 13.1 Å². The molecule has 1 unspecified atom stereocenters. The molecule has 1 saturated heterocycles. The first-order chi connectivity index (χ1) is 12.0.